The van der Waals surface area contributed by atoms with Gasteiger partial charge < -0.3 is 0 Å². The lowest BCUT2D eigenvalue weighted by Crippen LogP contribution is -2.28. The van der Waals surface area contributed by atoms with Crippen LogP contribution in [0.2, 0.25) is 0 Å². The third-order valence-electron chi connectivity index (χ3n) is 6.44. The zero-order chi connectivity index (χ0) is 20.1. The fraction of sp³-hybridized carbons (Fsp3) is 0.769. The maximum absolute atomic E-state index is 2.45. The van der Waals surface area contributed by atoms with Crippen molar-refractivity contribution in [3.63, 3.8) is 0 Å². The third kappa shape index (κ3) is 8.28. The standard InChI is InChI=1S/C13H26.C13H20/c1-10-6-8-12(9-7-10)11(2)13(3,4)5;1-10-6-7-12(8-11(10)2)9-13(3,4)5/h10-12H,6-9H2,1-5H3;6-8H,9H2,1-5H3. The highest BCUT2D eigenvalue weighted by molar-refractivity contribution is 5.30. The van der Waals surface area contributed by atoms with E-state index in [2.05, 4.69) is 87.4 Å². The van der Waals surface area contributed by atoms with Gasteiger partial charge >= 0.3 is 0 Å². The van der Waals surface area contributed by atoms with Gasteiger partial charge in [-0.1, -0.05) is 86.4 Å². The second kappa shape index (κ2) is 9.43. The van der Waals surface area contributed by atoms with Crippen LogP contribution in [0.15, 0.2) is 18.2 Å². The van der Waals surface area contributed by atoms with Crippen LogP contribution in [0.5, 0.6) is 0 Å². The van der Waals surface area contributed by atoms with Gasteiger partial charge in [0, 0.05) is 0 Å². The number of aryl methyl sites for hydroxylation is 2. The highest BCUT2D eigenvalue weighted by Crippen LogP contribution is 2.40. The van der Waals surface area contributed by atoms with Crippen molar-refractivity contribution in [1.29, 1.82) is 0 Å². The van der Waals surface area contributed by atoms with E-state index in [4.69, 9.17) is 0 Å². The Balaban J connectivity index is 0.000000260. The molecule has 0 nitrogen and oxygen atoms in total. The molecule has 0 spiro atoms. The molecule has 1 aliphatic carbocycles. The summed E-state index contributed by atoms with van der Waals surface area (Å²) >= 11 is 0. The first kappa shape index (κ1) is 23.3. The second-order valence-corrected chi connectivity index (χ2v) is 11.3. The molecule has 1 aromatic carbocycles. The first-order valence-electron chi connectivity index (χ1n) is 10.9. The number of benzene rings is 1. The van der Waals surface area contributed by atoms with Crippen LogP contribution in [0.3, 0.4) is 0 Å². The van der Waals surface area contributed by atoms with Crippen LogP contribution < -0.4 is 0 Å². The summed E-state index contributed by atoms with van der Waals surface area (Å²) in [6.45, 7) is 23.2. The van der Waals surface area contributed by atoms with Crippen LogP contribution >= 0.6 is 0 Å². The molecule has 0 radical (unpaired) electrons. The van der Waals surface area contributed by atoms with E-state index in [-0.39, 0.29) is 0 Å². The molecule has 2 rings (SSSR count). The van der Waals surface area contributed by atoms with Crippen molar-refractivity contribution < 1.29 is 0 Å². The van der Waals surface area contributed by atoms with Crippen LogP contribution in [0.4, 0.5) is 0 Å². The molecular weight excluding hydrogens is 312 g/mol. The first-order chi connectivity index (χ1) is 11.8. The van der Waals surface area contributed by atoms with Crippen LogP contribution in [0, 0.1) is 42.4 Å². The summed E-state index contributed by atoms with van der Waals surface area (Å²) in [6, 6.07) is 6.77. The van der Waals surface area contributed by atoms with E-state index >= 15 is 0 Å². The van der Waals surface area contributed by atoms with Gasteiger partial charge in [-0.05, 0) is 78.4 Å². The molecule has 1 atom stereocenters. The van der Waals surface area contributed by atoms with Crippen molar-refractivity contribution in [2.24, 2.45) is 28.6 Å². The SMILES string of the molecule is CC1CCC(C(C)C(C)(C)C)CC1.Cc1ccc(CC(C)(C)C)cc1C. The average molecular weight is 359 g/mol. The molecule has 0 aromatic heterocycles. The molecule has 150 valence electrons. The summed E-state index contributed by atoms with van der Waals surface area (Å²) in [5.74, 6) is 2.87. The predicted molar refractivity (Wildman–Crippen MR) is 119 cm³/mol. The molecule has 0 N–H and O–H groups in total. The molecule has 0 saturated heterocycles. The minimum atomic E-state index is 0.391. The molecule has 0 heteroatoms. The molecular formula is C26H46. The van der Waals surface area contributed by atoms with E-state index in [0.29, 0.717) is 10.8 Å². The lowest BCUT2D eigenvalue weighted by molar-refractivity contribution is 0.126. The summed E-state index contributed by atoms with van der Waals surface area (Å²) in [5.41, 5.74) is 5.14. The van der Waals surface area contributed by atoms with Crippen molar-refractivity contribution in [3.05, 3.63) is 34.9 Å². The summed E-state index contributed by atoms with van der Waals surface area (Å²) < 4.78 is 0. The topological polar surface area (TPSA) is 0 Å². The van der Waals surface area contributed by atoms with Crippen molar-refractivity contribution in [2.75, 3.05) is 0 Å². The van der Waals surface area contributed by atoms with E-state index in [1.54, 1.807) is 0 Å². The predicted octanol–water partition coefficient (Wildman–Crippen LogP) is 8.39. The molecule has 0 aliphatic heterocycles. The average Bonchev–Trinajstić information content (AvgIpc) is 2.49. The van der Waals surface area contributed by atoms with Gasteiger partial charge in [0.15, 0.2) is 0 Å². The summed E-state index contributed by atoms with van der Waals surface area (Å²) in [5, 5.41) is 0. The van der Waals surface area contributed by atoms with Gasteiger partial charge in [0.05, 0.1) is 0 Å². The monoisotopic (exact) mass is 358 g/mol. The van der Waals surface area contributed by atoms with Gasteiger partial charge in [-0.2, -0.15) is 0 Å². The molecule has 26 heavy (non-hydrogen) atoms. The van der Waals surface area contributed by atoms with Crippen LogP contribution in [-0.4, -0.2) is 0 Å². The largest absolute Gasteiger partial charge is 0.0625 e. The van der Waals surface area contributed by atoms with E-state index in [1.807, 2.05) is 0 Å². The molecule has 0 heterocycles. The maximum Gasteiger partial charge on any atom is -0.0230 e. The molecule has 1 unspecified atom stereocenters. The van der Waals surface area contributed by atoms with Crippen molar-refractivity contribution >= 4 is 0 Å². The minimum absolute atomic E-state index is 0.391. The maximum atomic E-state index is 2.45. The van der Waals surface area contributed by atoms with E-state index < -0.39 is 0 Å². The van der Waals surface area contributed by atoms with Crippen molar-refractivity contribution in [1.82, 2.24) is 0 Å². The van der Waals surface area contributed by atoms with Gasteiger partial charge in [0.25, 0.3) is 0 Å². The number of hydrogen-bond donors (Lipinski definition) is 0. The molecule has 0 bridgehead atoms. The van der Waals surface area contributed by atoms with E-state index in [0.717, 1.165) is 24.2 Å². The minimum Gasteiger partial charge on any atom is -0.0625 e. The molecule has 1 aliphatic rings. The van der Waals surface area contributed by atoms with Crippen LogP contribution in [0.25, 0.3) is 0 Å². The normalized spacial score (nSPS) is 22.4. The van der Waals surface area contributed by atoms with Gasteiger partial charge in [-0.3, -0.25) is 0 Å². The fourth-order valence-electron chi connectivity index (χ4n) is 4.02. The Morgan fingerprint density at radius 1 is 0.885 bits per heavy atom. The van der Waals surface area contributed by atoms with Crippen molar-refractivity contribution in [3.8, 4) is 0 Å². The van der Waals surface area contributed by atoms with Gasteiger partial charge in [0.1, 0.15) is 0 Å². The Labute approximate surface area is 165 Å². The number of hydrogen-bond acceptors (Lipinski definition) is 0. The zero-order valence-electron chi connectivity index (χ0n) is 19.5. The lowest BCUT2D eigenvalue weighted by atomic mass is 9.68. The fourth-order valence-corrected chi connectivity index (χ4v) is 4.02. The Kier molecular flexibility index (Phi) is 8.43. The Hall–Kier alpha value is -0.780. The molecule has 1 fully saturated rings. The van der Waals surface area contributed by atoms with Crippen LogP contribution in [0.1, 0.15) is 97.8 Å². The van der Waals surface area contributed by atoms with Gasteiger partial charge in [-0.25, -0.2) is 0 Å². The highest BCUT2D eigenvalue weighted by atomic mass is 14.4. The molecule has 1 saturated carbocycles. The van der Waals surface area contributed by atoms with Gasteiger partial charge in [0.2, 0.25) is 0 Å². The zero-order valence-corrected chi connectivity index (χ0v) is 19.5. The number of rotatable bonds is 2. The van der Waals surface area contributed by atoms with E-state index in [1.165, 1.54) is 42.4 Å². The van der Waals surface area contributed by atoms with Crippen LogP contribution in [-0.2, 0) is 6.42 Å². The van der Waals surface area contributed by atoms with Crippen molar-refractivity contribution in [2.45, 2.75) is 101 Å². The first-order valence-corrected chi connectivity index (χ1v) is 10.9. The quantitative estimate of drug-likeness (QED) is 0.498. The Morgan fingerprint density at radius 3 is 1.85 bits per heavy atom. The molecule has 0 amide bonds. The lowest BCUT2D eigenvalue weighted by Gasteiger charge is -2.38. The van der Waals surface area contributed by atoms with Gasteiger partial charge in [-0.15, -0.1) is 0 Å². The summed E-state index contributed by atoms with van der Waals surface area (Å²) in [4.78, 5) is 0. The highest BCUT2D eigenvalue weighted by Gasteiger charge is 2.30. The smallest absolute Gasteiger partial charge is 0.0230 e. The Morgan fingerprint density at radius 2 is 1.42 bits per heavy atom. The Bertz CT molecular complexity index is 530. The third-order valence-corrected chi connectivity index (χ3v) is 6.44. The summed E-state index contributed by atoms with van der Waals surface area (Å²) in [6.07, 6.45) is 7.03. The molecule has 1 aromatic rings. The second-order valence-electron chi connectivity index (χ2n) is 11.3. The van der Waals surface area contributed by atoms with E-state index in [9.17, 15) is 0 Å². The summed E-state index contributed by atoms with van der Waals surface area (Å²) in [7, 11) is 0.